The largest absolute Gasteiger partial charge is 0.496 e. The van der Waals surface area contributed by atoms with Crippen LogP contribution in [0.1, 0.15) is 5.56 Å². The first-order valence-corrected chi connectivity index (χ1v) is 5.24. The van der Waals surface area contributed by atoms with Crippen molar-refractivity contribution < 1.29 is 14.3 Å². The van der Waals surface area contributed by atoms with Gasteiger partial charge in [0.05, 0.1) is 11.6 Å². The zero-order chi connectivity index (χ0) is 12.1. The number of methoxy groups -OCH3 is 1. The summed E-state index contributed by atoms with van der Waals surface area (Å²) in [5, 5.41) is 2.39. The van der Waals surface area contributed by atoms with E-state index in [0.717, 1.165) is 10.0 Å². The molecule has 16 heavy (non-hydrogen) atoms. The van der Waals surface area contributed by atoms with Crippen LogP contribution in [0.2, 0.25) is 0 Å². The molecular weight excluding hydrogens is 276 g/mol. The molecule has 0 atom stereocenters. The number of nitrogens with two attached hydrogens (primary N) is 1. The van der Waals surface area contributed by atoms with E-state index in [0.29, 0.717) is 5.75 Å². The highest BCUT2D eigenvalue weighted by Gasteiger charge is 2.08. The first kappa shape index (κ1) is 12.5. The van der Waals surface area contributed by atoms with Crippen LogP contribution in [0.15, 0.2) is 22.7 Å². The van der Waals surface area contributed by atoms with E-state index in [1.807, 2.05) is 0 Å². The molecule has 1 aromatic carbocycles. The van der Waals surface area contributed by atoms with Gasteiger partial charge in [-0.2, -0.15) is 0 Å². The lowest BCUT2D eigenvalue weighted by Crippen LogP contribution is -2.35. The fourth-order valence-corrected chi connectivity index (χ4v) is 1.68. The number of hydrogen-bond acceptors (Lipinski definition) is 3. The SMILES string of the molecule is COc1ccc(CNC(=O)C(N)=O)cc1Br. The molecule has 5 nitrogen and oxygen atoms in total. The van der Waals surface area contributed by atoms with E-state index < -0.39 is 11.8 Å². The standard InChI is InChI=1S/C10H11BrN2O3/c1-16-8-3-2-6(4-7(8)11)5-13-10(15)9(12)14/h2-4H,5H2,1H3,(H2,12,14)(H,13,15). The number of amides is 2. The molecule has 0 aliphatic carbocycles. The van der Waals surface area contributed by atoms with Crippen molar-refractivity contribution in [1.82, 2.24) is 5.32 Å². The molecule has 0 spiro atoms. The molecule has 86 valence electrons. The van der Waals surface area contributed by atoms with Gasteiger partial charge in [-0.3, -0.25) is 9.59 Å². The molecule has 0 aliphatic rings. The number of carbonyl (C=O) groups is 2. The van der Waals surface area contributed by atoms with Gasteiger partial charge in [0.25, 0.3) is 0 Å². The van der Waals surface area contributed by atoms with Crippen molar-refractivity contribution in [3.05, 3.63) is 28.2 Å². The molecule has 0 radical (unpaired) electrons. The summed E-state index contributed by atoms with van der Waals surface area (Å²) in [4.78, 5) is 21.4. The third-order valence-electron chi connectivity index (χ3n) is 1.89. The topological polar surface area (TPSA) is 81.4 Å². The van der Waals surface area contributed by atoms with Crippen LogP contribution < -0.4 is 15.8 Å². The van der Waals surface area contributed by atoms with Crippen LogP contribution >= 0.6 is 15.9 Å². The van der Waals surface area contributed by atoms with E-state index in [2.05, 4.69) is 21.2 Å². The van der Waals surface area contributed by atoms with E-state index >= 15 is 0 Å². The van der Waals surface area contributed by atoms with Crippen LogP contribution in [0.25, 0.3) is 0 Å². The van der Waals surface area contributed by atoms with Gasteiger partial charge in [-0.1, -0.05) is 6.07 Å². The molecule has 0 saturated carbocycles. The minimum atomic E-state index is -0.993. The van der Waals surface area contributed by atoms with Crippen molar-refractivity contribution in [3.8, 4) is 5.75 Å². The molecule has 1 aromatic rings. The number of carbonyl (C=O) groups excluding carboxylic acids is 2. The van der Waals surface area contributed by atoms with Crippen LogP contribution in [0.4, 0.5) is 0 Å². The van der Waals surface area contributed by atoms with Crippen LogP contribution in [0.3, 0.4) is 0 Å². The molecule has 0 unspecified atom stereocenters. The van der Waals surface area contributed by atoms with Crippen LogP contribution in [-0.4, -0.2) is 18.9 Å². The van der Waals surface area contributed by atoms with Gasteiger partial charge in [-0.25, -0.2) is 0 Å². The maximum Gasteiger partial charge on any atom is 0.309 e. The first-order valence-electron chi connectivity index (χ1n) is 4.44. The first-order chi connectivity index (χ1) is 7.54. The van der Waals surface area contributed by atoms with Crippen molar-refractivity contribution in [3.63, 3.8) is 0 Å². The van der Waals surface area contributed by atoms with E-state index in [1.165, 1.54) is 0 Å². The Hall–Kier alpha value is -1.56. The summed E-state index contributed by atoms with van der Waals surface area (Å²) < 4.78 is 5.83. The Bertz CT molecular complexity index is 421. The van der Waals surface area contributed by atoms with Crippen LogP contribution in [0, 0.1) is 0 Å². The number of primary amides is 1. The van der Waals surface area contributed by atoms with Crippen molar-refractivity contribution in [2.24, 2.45) is 5.73 Å². The van der Waals surface area contributed by atoms with Crippen LogP contribution in [-0.2, 0) is 16.1 Å². The predicted molar refractivity (Wildman–Crippen MR) is 61.7 cm³/mol. The summed E-state index contributed by atoms with van der Waals surface area (Å²) in [6.07, 6.45) is 0. The lowest BCUT2D eigenvalue weighted by molar-refractivity contribution is -0.137. The highest BCUT2D eigenvalue weighted by Crippen LogP contribution is 2.25. The number of nitrogens with one attached hydrogen (secondary N) is 1. The van der Waals surface area contributed by atoms with Gasteiger partial charge in [-0.05, 0) is 33.6 Å². The van der Waals surface area contributed by atoms with Crippen molar-refractivity contribution in [1.29, 1.82) is 0 Å². The van der Waals surface area contributed by atoms with Gasteiger partial charge < -0.3 is 15.8 Å². The van der Waals surface area contributed by atoms with Gasteiger partial charge in [0, 0.05) is 6.54 Å². The highest BCUT2D eigenvalue weighted by molar-refractivity contribution is 9.10. The number of benzene rings is 1. The third kappa shape index (κ3) is 3.23. The van der Waals surface area contributed by atoms with E-state index in [1.54, 1.807) is 25.3 Å². The summed E-state index contributed by atoms with van der Waals surface area (Å²) in [6, 6.07) is 5.33. The highest BCUT2D eigenvalue weighted by atomic mass is 79.9. The summed E-state index contributed by atoms with van der Waals surface area (Å²) in [7, 11) is 1.56. The normalized spacial score (nSPS) is 9.62. The Morgan fingerprint density at radius 1 is 1.50 bits per heavy atom. The molecule has 0 aromatic heterocycles. The zero-order valence-corrected chi connectivity index (χ0v) is 10.2. The number of hydrogen-bond donors (Lipinski definition) is 2. The van der Waals surface area contributed by atoms with Crippen LogP contribution in [0.5, 0.6) is 5.75 Å². The fraction of sp³-hybridized carbons (Fsp3) is 0.200. The Kier molecular flexibility index (Phi) is 4.30. The van der Waals surface area contributed by atoms with Gasteiger partial charge in [0.2, 0.25) is 0 Å². The minimum Gasteiger partial charge on any atom is -0.496 e. The van der Waals surface area contributed by atoms with E-state index in [9.17, 15) is 9.59 Å². The zero-order valence-electron chi connectivity index (χ0n) is 8.62. The van der Waals surface area contributed by atoms with Crippen molar-refractivity contribution in [2.45, 2.75) is 6.54 Å². The maximum absolute atomic E-state index is 10.9. The van der Waals surface area contributed by atoms with E-state index in [4.69, 9.17) is 10.5 Å². The average Bonchev–Trinajstić information content (AvgIpc) is 2.25. The second-order valence-electron chi connectivity index (χ2n) is 3.02. The third-order valence-corrected chi connectivity index (χ3v) is 2.51. The minimum absolute atomic E-state index is 0.240. The van der Waals surface area contributed by atoms with Gasteiger partial charge in [-0.15, -0.1) is 0 Å². The smallest absolute Gasteiger partial charge is 0.309 e. The molecule has 1 rings (SSSR count). The van der Waals surface area contributed by atoms with Gasteiger partial charge in [0.1, 0.15) is 5.75 Å². The number of ether oxygens (including phenoxy) is 1. The molecule has 0 saturated heterocycles. The summed E-state index contributed by atoms with van der Waals surface area (Å²) in [6.45, 7) is 0.240. The molecular formula is C10H11BrN2O3. The Morgan fingerprint density at radius 2 is 2.19 bits per heavy atom. The molecule has 0 aliphatic heterocycles. The fourth-order valence-electron chi connectivity index (χ4n) is 1.09. The Morgan fingerprint density at radius 3 is 2.69 bits per heavy atom. The predicted octanol–water partition coefficient (Wildman–Crippen LogP) is 0.559. The van der Waals surface area contributed by atoms with Gasteiger partial charge >= 0.3 is 11.8 Å². The van der Waals surface area contributed by atoms with Crippen molar-refractivity contribution in [2.75, 3.05) is 7.11 Å². The molecule has 0 bridgehead atoms. The monoisotopic (exact) mass is 286 g/mol. The quantitative estimate of drug-likeness (QED) is 0.797. The second kappa shape index (κ2) is 5.50. The summed E-state index contributed by atoms with van der Waals surface area (Å²) in [5.74, 6) is -1.09. The average molecular weight is 287 g/mol. The summed E-state index contributed by atoms with van der Waals surface area (Å²) in [5.41, 5.74) is 5.63. The Labute approximate surface area is 101 Å². The lowest BCUT2D eigenvalue weighted by Gasteiger charge is -2.06. The number of rotatable bonds is 3. The molecule has 0 fully saturated rings. The Balaban J connectivity index is 2.65. The van der Waals surface area contributed by atoms with Gasteiger partial charge in [0.15, 0.2) is 0 Å². The molecule has 6 heteroatoms. The summed E-state index contributed by atoms with van der Waals surface area (Å²) >= 11 is 3.31. The second-order valence-corrected chi connectivity index (χ2v) is 3.87. The molecule has 2 amide bonds. The molecule has 3 N–H and O–H groups in total. The van der Waals surface area contributed by atoms with Crippen molar-refractivity contribution >= 4 is 27.7 Å². The number of halogens is 1. The molecule has 0 heterocycles. The lowest BCUT2D eigenvalue weighted by atomic mass is 10.2. The maximum atomic E-state index is 10.9. The van der Waals surface area contributed by atoms with E-state index in [-0.39, 0.29) is 6.54 Å².